The molecule has 13 heteroatoms. The van der Waals surface area contributed by atoms with Crippen LogP contribution >= 0.6 is 11.6 Å². The molecule has 1 aliphatic rings. The smallest absolute Gasteiger partial charge is 0.267 e. The summed E-state index contributed by atoms with van der Waals surface area (Å²) in [6, 6.07) is 3.22. The summed E-state index contributed by atoms with van der Waals surface area (Å²) in [4.78, 5) is 15.1. The van der Waals surface area contributed by atoms with Gasteiger partial charge in [0.05, 0.1) is 17.8 Å². The second-order valence-electron chi connectivity index (χ2n) is 7.94. The van der Waals surface area contributed by atoms with E-state index in [1.807, 2.05) is 4.57 Å². The van der Waals surface area contributed by atoms with Gasteiger partial charge in [-0.05, 0) is 37.0 Å². The summed E-state index contributed by atoms with van der Waals surface area (Å²) in [6.45, 7) is 0.469. The minimum absolute atomic E-state index is 0.0548. The maximum absolute atomic E-state index is 15.6. The third-order valence-corrected chi connectivity index (χ3v) is 7.42. The quantitative estimate of drug-likeness (QED) is 0.395. The third kappa shape index (κ3) is 4.23. The number of halogens is 3. The average molecular weight is 521 g/mol. The second kappa shape index (κ2) is 8.93. The van der Waals surface area contributed by atoms with E-state index in [1.54, 1.807) is 18.6 Å². The predicted molar refractivity (Wildman–Crippen MR) is 124 cm³/mol. The molecule has 0 amide bonds. The molecule has 35 heavy (non-hydrogen) atoms. The molecule has 9 nitrogen and oxygen atoms in total. The number of hydrogen-bond acceptors (Lipinski definition) is 6. The average Bonchev–Trinajstić information content (AvgIpc) is 3.50. The number of ether oxygens (including phenoxy) is 1. The highest BCUT2D eigenvalue weighted by molar-refractivity contribution is 7.92. The first-order chi connectivity index (χ1) is 16.8. The van der Waals surface area contributed by atoms with E-state index in [1.165, 1.54) is 13.3 Å². The fourth-order valence-electron chi connectivity index (χ4n) is 4.26. The van der Waals surface area contributed by atoms with Gasteiger partial charge >= 0.3 is 0 Å². The number of pyridine rings is 1. The van der Waals surface area contributed by atoms with E-state index in [4.69, 9.17) is 16.3 Å². The summed E-state index contributed by atoms with van der Waals surface area (Å²) in [7, 11) is -3.09. The Morgan fingerprint density at radius 2 is 2.06 bits per heavy atom. The van der Waals surface area contributed by atoms with Crippen molar-refractivity contribution in [2.24, 2.45) is 0 Å². The molecule has 0 unspecified atom stereocenters. The van der Waals surface area contributed by atoms with E-state index in [-0.39, 0.29) is 21.4 Å². The van der Waals surface area contributed by atoms with Crippen LogP contribution in [0.3, 0.4) is 0 Å². The molecule has 0 saturated heterocycles. The van der Waals surface area contributed by atoms with Crippen LogP contribution < -0.4 is 9.46 Å². The maximum Gasteiger partial charge on any atom is 0.267 e. The van der Waals surface area contributed by atoms with Crippen LogP contribution in [0.15, 0.2) is 47.9 Å². The summed E-state index contributed by atoms with van der Waals surface area (Å²) >= 11 is 5.89. The van der Waals surface area contributed by atoms with Crippen molar-refractivity contribution in [2.45, 2.75) is 30.2 Å². The number of methoxy groups -OCH3 is 1. The molecule has 0 radical (unpaired) electrons. The molecule has 1 aromatic carbocycles. The van der Waals surface area contributed by atoms with Crippen LogP contribution in [0.1, 0.15) is 23.6 Å². The van der Waals surface area contributed by atoms with Crippen LogP contribution in [0.2, 0.25) is 5.02 Å². The summed E-state index contributed by atoms with van der Waals surface area (Å²) in [5.74, 6) is -1.21. The number of H-pyrrole nitrogens is 1. The molecule has 182 valence electrons. The normalized spacial score (nSPS) is 15.6. The zero-order chi connectivity index (χ0) is 24.7. The number of anilines is 1. The maximum atomic E-state index is 15.6. The summed E-state index contributed by atoms with van der Waals surface area (Å²) in [5.41, 5.74) is 0.222. The molecule has 4 heterocycles. The minimum atomic E-state index is -4.34. The van der Waals surface area contributed by atoms with Gasteiger partial charge < -0.3 is 14.3 Å². The molecule has 3 aromatic heterocycles. The number of aromatic nitrogens is 5. The van der Waals surface area contributed by atoms with Crippen molar-refractivity contribution >= 4 is 27.3 Å². The van der Waals surface area contributed by atoms with Gasteiger partial charge in [-0.1, -0.05) is 11.6 Å². The molecule has 0 bridgehead atoms. The van der Waals surface area contributed by atoms with E-state index >= 15 is 4.39 Å². The zero-order valence-corrected chi connectivity index (χ0v) is 19.9. The van der Waals surface area contributed by atoms with Gasteiger partial charge in [0.2, 0.25) is 5.88 Å². The Morgan fingerprint density at radius 3 is 2.80 bits per heavy atom. The Balaban J connectivity index is 1.46. The third-order valence-electron chi connectivity index (χ3n) is 5.85. The van der Waals surface area contributed by atoms with E-state index in [0.29, 0.717) is 31.0 Å². The van der Waals surface area contributed by atoms with E-state index < -0.39 is 33.3 Å². The zero-order valence-electron chi connectivity index (χ0n) is 18.3. The first-order valence-corrected chi connectivity index (χ1v) is 12.4. The molecule has 1 atom stereocenters. The standard InChI is InChI=1S/C22H19ClF2N6O3S/c1-34-22-17(9-13(23)10-29-22)35(32,33)30-16-3-2-15(24)18(19(16)25)12-4-7-31-14(8-12)11-28-21(31)20-26-5-6-27-20/h2-3,5-6,9-12,30H,4,7-8H2,1H3,(H,26,27)/t12-/m1/s1. The number of nitrogens with one attached hydrogen (secondary N) is 2. The first-order valence-electron chi connectivity index (χ1n) is 10.5. The Bertz CT molecular complexity index is 1510. The number of fused-ring (bicyclic) bond motifs is 1. The van der Waals surface area contributed by atoms with Crippen molar-refractivity contribution in [3.63, 3.8) is 0 Å². The Kier molecular flexibility index (Phi) is 5.93. The fourth-order valence-corrected chi connectivity index (χ4v) is 5.69. The molecular formula is C22H19ClF2N6O3S. The summed E-state index contributed by atoms with van der Waals surface area (Å²) < 4.78 is 65.5. The van der Waals surface area contributed by atoms with Crippen molar-refractivity contribution < 1.29 is 21.9 Å². The number of nitrogens with zero attached hydrogens (tertiary/aromatic N) is 4. The lowest BCUT2D eigenvalue weighted by Gasteiger charge is -2.26. The SMILES string of the molecule is COc1ncc(Cl)cc1S(=O)(=O)Nc1ccc(F)c([C@@H]2CCn3c(cnc3-c3ncc[nH]3)C2)c1F. The van der Waals surface area contributed by atoms with Gasteiger partial charge in [0, 0.05) is 42.6 Å². The number of benzene rings is 1. The summed E-state index contributed by atoms with van der Waals surface area (Å²) in [5, 5.41) is 0.0548. The van der Waals surface area contributed by atoms with E-state index in [2.05, 4.69) is 24.7 Å². The van der Waals surface area contributed by atoms with Crippen molar-refractivity contribution in [3.8, 4) is 17.5 Å². The van der Waals surface area contributed by atoms with Crippen LogP contribution in [-0.2, 0) is 23.0 Å². The highest BCUT2D eigenvalue weighted by Gasteiger charge is 2.30. The molecule has 2 N–H and O–H groups in total. The molecule has 0 fully saturated rings. The number of aromatic amines is 1. The molecule has 0 spiro atoms. The van der Waals surface area contributed by atoms with Gasteiger partial charge in [0.15, 0.2) is 22.4 Å². The molecular weight excluding hydrogens is 502 g/mol. The lowest BCUT2D eigenvalue weighted by Crippen LogP contribution is -2.21. The fraction of sp³-hybridized carbons (Fsp3) is 0.227. The predicted octanol–water partition coefficient (Wildman–Crippen LogP) is 4.14. The van der Waals surface area contributed by atoms with Gasteiger partial charge in [-0.25, -0.2) is 32.2 Å². The van der Waals surface area contributed by atoms with Crippen molar-refractivity contribution in [1.82, 2.24) is 24.5 Å². The molecule has 0 aliphatic carbocycles. The van der Waals surface area contributed by atoms with Gasteiger partial charge in [0.1, 0.15) is 5.82 Å². The minimum Gasteiger partial charge on any atom is -0.480 e. The van der Waals surface area contributed by atoms with Gasteiger partial charge in [-0.3, -0.25) is 4.72 Å². The molecule has 0 saturated carbocycles. The lowest BCUT2D eigenvalue weighted by atomic mass is 9.88. The molecule has 1 aliphatic heterocycles. The van der Waals surface area contributed by atoms with Crippen LogP contribution in [-0.4, -0.2) is 40.0 Å². The topological polar surface area (TPSA) is 115 Å². The van der Waals surface area contributed by atoms with Crippen LogP contribution in [0.4, 0.5) is 14.5 Å². The highest BCUT2D eigenvalue weighted by atomic mass is 35.5. The largest absolute Gasteiger partial charge is 0.480 e. The van der Waals surface area contributed by atoms with Gasteiger partial charge in [-0.15, -0.1) is 0 Å². The highest BCUT2D eigenvalue weighted by Crippen LogP contribution is 2.37. The Labute approximate surface area is 204 Å². The number of hydrogen-bond donors (Lipinski definition) is 2. The van der Waals surface area contributed by atoms with Crippen LogP contribution in [0.5, 0.6) is 5.88 Å². The monoisotopic (exact) mass is 520 g/mol. The molecule has 4 aromatic rings. The number of rotatable bonds is 6. The number of sulfonamides is 1. The van der Waals surface area contributed by atoms with Gasteiger partial charge in [0.25, 0.3) is 10.0 Å². The summed E-state index contributed by atoms with van der Waals surface area (Å²) in [6.07, 6.45) is 6.94. The first kappa shape index (κ1) is 23.2. The molecule has 5 rings (SSSR count). The lowest BCUT2D eigenvalue weighted by molar-refractivity contribution is 0.385. The van der Waals surface area contributed by atoms with Crippen molar-refractivity contribution in [2.75, 3.05) is 11.8 Å². The second-order valence-corrected chi connectivity index (χ2v) is 10.0. The van der Waals surface area contributed by atoms with Gasteiger partial charge in [-0.2, -0.15) is 0 Å². The van der Waals surface area contributed by atoms with E-state index in [9.17, 15) is 12.8 Å². The van der Waals surface area contributed by atoms with Crippen molar-refractivity contribution in [3.05, 3.63) is 70.9 Å². The van der Waals surface area contributed by atoms with Crippen LogP contribution in [0, 0.1) is 11.6 Å². The van der Waals surface area contributed by atoms with Crippen LogP contribution in [0.25, 0.3) is 11.6 Å². The van der Waals surface area contributed by atoms with E-state index in [0.717, 1.165) is 23.9 Å². The van der Waals surface area contributed by atoms with Crippen molar-refractivity contribution in [1.29, 1.82) is 0 Å². The Morgan fingerprint density at radius 1 is 1.23 bits per heavy atom. The number of imidazole rings is 2. The Hall–Kier alpha value is -3.51.